The second kappa shape index (κ2) is 9.72. The number of halogens is 3. The van der Waals surface area contributed by atoms with Crippen LogP contribution >= 0.6 is 22.9 Å². The molecule has 1 aromatic heterocycles. The molecule has 1 heterocycles. The molecule has 2 aromatic rings. The second-order valence-electron chi connectivity index (χ2n) is 5.94. The SMILES string of the molecule is CN=C(C(C)=NN)c1cc(C(=O)N[C@H](CN)Cc2ccc(F)c(F)c2)sc1Cl. The van der Waals surface area contributed by atoms with Gasteiger partial charge < -0.3 is 16.9 Å². The van der Waals surface area contributed by atoms with Gasteiger partial charge in [-0.3, -0.25) is 9.79 Å². The highest BCUT2D eigenvalue weighted by atomic mass is 35.5. The molecule has 0 saturated carbocycles. The van der Waals surface area contributed by atoms with Crippen LogP contribution in [0, 0.1) is 11.6 Å². The van der Waals surface area contributed by atoms with Gasteiger partial charge in [-0.15, -0.1) is 11.3 Å². The zero-order valence-corrected chi connectivity index (χ0v) is 16.9. The number of hydrazone groups is 1. The van der Waals surface area contributed by atoms with Gasteiger partial charge in [-0.05, 0) is 37.1 Å². The average Bonchev–Trinajstić information content (AvgIpc) is 3.06. The molecule has 1 amide bonds. The molecule has 1 atom stereocenters. The van der Waals surface area contributed by atoms with Crippen LogP contribution in [0.1, 0.15) is 27.7 Å². The largest absolute Gasteiger partial charge is 0.347 e. The third-order valence-electron chi connectivity index (χ3n) is 4.01. The van der Waals surface area contributed by atoms with Gasteiger partial charge in [0, 0.05) is 25.2 Å². The molecular formula is C18H20ClF2N5OS. The molecule has 28 heavy (non-hydrogen) atoms. The number of aliphatic imine (C=N–C) groups is 1. The highest BCUT2D eigenvalue weighted by molar-refractivity contribution is 7.18. The van der Waals surface area contributed by atoms with Crippen molar-refractivity contribution in [2.75, 3.05) is 13.6 Å². The van der Waals surface area contributed by atoms with Gasteiger partial charge in [0.1, 0.15) is 4.34 Å². The number of hydrogen-bond acceptors (Lipinski definition) is 6. The molecule has 10 heteroatoms. The van der Waals surface area contributed by atoms with E-state index in [0.717, 1.165) is 23.5 Å². The van der Waals surface area contributed by atoms with Crippen LogP contribution in [0.4, 0.5) is 8.78 Å². The van der Waals surface area contributed by atoms with E-state index < -0.39 is 17.7 Å². The van der Waals surface area contributed by atoms with Gasteiger partial charge in [-0.1, -0.05) is 17.7 Å². The van der Waals surface area contributed by atoms with Crippen LogP contribution in [0.5, 0.6) is 0 Å². The normalized spacial score (nSPS) is 13.5. The number of hydrogen-bond donors (Lipinski definition) is 3. The number of carbonyl (C=O) groups is 1. The molecule has 6 nitrogen and oxygen atoms in total. The van der Waals surface area contributed by atoms with Crippen molar-refractivity contribution in [3.63, 3.8) is 0 Å². The molecule has 5 N–H and O–H groups in total. The molecule has 0 unspecified atom stereocenters. The maximum Gasteiger partial charge on any atom is 0.261 e. The van der Waals surface area contributed by atoms with Gasteiger partial charge in [-0.2, -0.15) is 5.10 Å². The number of rotatable bonds is 7. The minimum atomic E-state index is -0.947. The van der Waals surface area contributed by atoms with Crippen molar-refractivity contribution in [3.05, 3.63) is 56.2 Å². The number of carbonyl (C=O) groups excluding carboxylic acids is 1. The van der Waals surface area contributed by atoms with Crippen molar-refractivity contribution < 1.29 is 13.6 Å². The van der Waals surface area contributed by atoms with Crippen LogP contribution in [-0.2, 0) is 6.42 Å². The summed E-state index contributed by atoms with van der Waals surface area (Å²) in [6.45, 7) is 1.81. The summed E-state index contributed by atoms with van der Waals surface area (Å²) in [5.41, 5.74) is 7.76. The van der Waals surface area contributed by atoms with Crippen LogP contribution in [0.3, 0.4) is 0 Å². The summed E-state index contributed by atoms with van der Waals surface area (Å²) < 4.78 is 26.8. The van der Waals surface area contributed by atoms with E-state index in [9.17, 15) is 13.6 Å². The van der Waals surface area contributed by atoms with E-state index in [1.807, 2.05) is 0 Å². The summed E-state index contributed by atoms with van der Waals surface area (Å²) in [5, 5.41) is 6.39. The monoisotopic (exact) mass is 427 g/mol. The first-order chi connectivity index (χ1) is 13.3. The number of benzene rings is 1. The van der Waals surface area contributed by atoms with Gasteiger partial charge in [0.05, 0.1) is 16.3 Å². The Morgan fingerprint density at radius 1 is 1.32 bits per heavy atom. The lowest BCUT2D eigenvalue weighted by Crippen LogP contribution is -2.41. The quantitative estimate of drug-likeness (QED) is 0.359. The lowest BCUT2D eigenvalue weighted by Gasteiger charge is -2.16. The predicted molar refractivity (Wildman–Crippen MR) is 109 cm³/mol. The van der Waals surface area contributed by atoms with Gasteiger partial charge in [-0.25, -0.2) is 8.78 Å². The Kier molecular flexibility index (Phi) is 7.61. The van der Waals surface area contributed by atoms with Crippen LogP contribution in [0.15, 0.2) is 34.4 Å². The van der Waals surface area contributed by atoms with Crippen LogP contribution in [-0.4, -0.2) is 37.0 Å². The smallest absolute Gasteiger partial charge is 0.261 e. The highest BCUT2D eigenvalue weighted by Gasteiger charge is 2.20. The van der Waals surface area contributed by atoms with E-state index in [1.165, 1.54) is 6.07 Å². The molecule has 0 bridgehead atoms. The number of nitrogens with one attached hydrogen (secondary N) is 1. The number of nitrogens with zero attached hydrogens (tertiary/aromatic N) is 2. The molecule has 0 aliphatic carbocycles. The predicted octanol–water partition coefficient (Wildman–Crippen LogP) is 2.73. The fraction of sp³-hybridized carbons (Fsp3) is 0.278. The first-order valence-electron chi connectivity index (χ1n) is 8.26. The van der Waals surface area contributed by atoms with Gasteiger partial charge in [0.2, 0.25) is 0 Å². The Balaban J connectivity index is 2.16. The molecule has 1 aromatic carbocycles. The fourth-order valence-electron chi connectivity index (χ4n) is 2.58. The van der Waals surface area contributed by atoms with Crippen LogP contribution < -0.4 is 16.9 Å². The summed E-state index contributed by atoms with van der Waals surface area (Å²) in [6.07, 6.45) is 0.256. The summed E-state index contributed by atoms with van der Waals surface area (Å²) in [7, 11) is 1.57. The third kappa shape index (κ3) is 5.12. The van der Waals surface area contributed by atoms with Gasteiger partial charge in [0.25, 0.3) is 5.91 Å². The lowest BCUT2D eigenvalue weighted by molar-refractivity contribution is 0.0942. The summed E-state index contributed by atoms with van der Waals surface area (Å²) in [5.74, 6) is 3.05. The highest BCUT2D eigenvalue weighted by Crippen LogP contribution is 2.29. The van der Waals surface area contributed by atoms with Crippen LogP contribution in [0.25, 0.3) is 0 Å². The van der Waals surface area contributed by atoms with E-state index in [1.54, 1.807) is 20.0 Å². The Morgan fingerprint density at radius 3 is 2.61 bits per heavy atom. The summed E-state index contributed by atoms with van der Waals surface area (Å²) >= 11 is 7.34. The number of nitrogens with two attached hydrogens (primary N) is 2. The number of amides is 1. The van der Waals surface area contributed by atoms with E-state index in [2.05, 4.69) is 15.4 Å². The van der Waals surface area contributed by atoms with Crippen molar-refractivity contribution in [2.24, 2.45) is 21.7 Å². The van der Waals surface area contributed by atoms with Gasteiger partial charge in [0.15, 0.2) is 11.6 Å². The Bertz CT molecular complexity index is 929. The molecular weight excluding hydrogens is 408 g/mol. The average molecular weight is 428 g/mol. The Morgan fingerprint density at radius 2 is 2.04 bits per heavy atom. The van der Waals surface area contributed by atoms with E-state index >= 15 is 0 Å². The van der Waals surface area contributed by atoms with E-state index in [0.29, 0.717) is 31.8 Å². The Hall–Kier alpha value is -2.36. The first-order valence-corrected chi connectivity index (χ1v) is 9.46. The molecule has 0 aliphatic heterocycles. The molecule has 0 fully saturated rings. The third-order valence-corrected chi connectivity index (χ3v) is 5.37. The molecule has 0 radical (unpaired) electrons. The minimum Gasteiger partial charge on any atom is -0.347 e. The Labute approximate surface area is 170 Å². The zero-order valence-electron chi connectivity index (χ0n) is 15.3. The lowest BCUT2D eigenvalue weighted by atomic mass is 10.1. The van der Waals surface area contributed by atoms with Crippen molar-refractivity contribution >= 4 is 40.3 Å². The molecule has 0 spiro atoms. The molecule has 2 rings (SSSR count). The summed E-state index contributed by atoms with van der Waals surface area (Å²) in [6, 6.07) is 4.71. The topological polar surface area (TPSA) is 106 Å². The maximum absolute atomic E-state index is 13.4. The maximum atomic E-state index is 13.4. The summed E-state index contributed by atoms with van der Waals surface area (Å²) in [4.78, 5) is 17.1. The second-order valence-corrected chi connectivity index (χ2v) is 7.60. The standard InChI is InChI=1S/C18H20ClF2N5OS/c1-9(26-23)16(24-2)12-7-15(28-17(12)19)18(27)25-11(8-22)5-10-3-4-13(20)14(21)6-10/h3-4,6-7,11H,5,8,22-23H2,1-2H3,(H,25,27)/t11-/m0/s1. The zero-order chi connectivity index (χ0) is 20.8. The van der Waals surface area contributed by atoms with Crippen LogP contribution in [0.2, 0.25) is 4.34 Å². The minimum absolute atomic E-state index is 0.122. The van der Waals surface area contributed by atoms with Crippen molar-refractivity contribution in [2.45, 2.75) is 19.4 Å². The first kappa shape index (κ1) is 21.9. The van der Waals surface area contributed by atoms with E-state index in [-0.39, 0.29) is 18.9 Å². The van der Waals surface area contributed by atoms with E-state index in [4.69, 9.17) is 23.2 Å². The molecule has 150 valence electrons. The molecule has 0 aliphatic rings. The van der Waals surface area contributed by atoms with Crippen molar-refractivity contribution in [3.8, 4) is 0 Å². The van der Waals surface area contributed by atoms with Crippen molar-refractivity contribution in [1.29, 1.82) is 0 Å². The van der Waals surface area contributed by atoms with Gasteiger partial charge >= 0.3 is 0 Å². The van der Waals surface area contributed by atoms with Crippen molar-refractivity contribution in [1.82, 2.24) is 5.32 Å². The number of thiophene rings is 1. The molecule has 0 saturated heterocycles. The fourth-order valence-corrected chi connectivity index (χ4v) is 3.76.